The lowest BCUT2D eigenvalue weighted by atomic mass is 10.1. The van der Waals surface area contributed by atoms with Gasteiger partial charge in [-0.3, -0.25) is 13.9 Å². The first-order valence-electron chi connectivity index (χ1n) is 13.0. The molecule has 0 aliphatic rings. The summed E-state index contributed by atoms with van der Waals surface area (Å²) in [5.41, 5.74) is 2.13. The van der Waals surface area contributed by atoms with Gasteiger partial charge in [-0.2, -0.15) is 0 Å². The zero-order chi connectivity index (χ0) is 28.6. The molecular formula is C30H37N3O5S. The number of hydrogen-bond acceptors (Lipinski definition) is 5. The normalized spacial score (nSPS) is 12.1. The molecule has 0 saturated heterocycles. The van der Waals surface area contributed by atoms with Crippen LogP contribution < -0.4 is 14.4 Å². The van der Waals surface area contributed by atoms with Gasteiger partial charge in [0.25, 0.3) is 10.0 Å². The molecule has 39 heavy (non-hydrogen) atoms. The molecule has 0 fully saturated rings. The minimum Gasteiger partial charge on any atom is -0.494 e. The number of amides is 2. The summed E-state index contributed by atoms with van der Waals surface area (Å²) in [7, 11) is -4.14. The van der Waals surface area contributed by atoms with Gasteiger partial charge in [0.1, 0.15) is 18.3 Å². The third kappa shape index (κ3) is 7.83. The monoisotopic (exact) mass is 551 g/mol. The van der Waals surface area contributed by atoms with Crippen LogP contribution >= 0.6 is 0 Å². The predicted molar refractivity (Wildman–Crippen MR) is 153 cm³/mol. The lowest BCUT2D eigenvalue weighted by Gasteiger charge is -2.32. The highest BCUT2D eigenvalue weighted by Crippen LogP contribution is 2.26. The average Bonchev–Trinajstić information content (AvgIpc) is 2.91. The Bertz CT molecular complexity index is 1340. The number of ether oxygens (including phenoxy) is 1. The molecule has 1 atom stereocenters. The summed E-state index contributed by atoms with van der Waals surface area (Å²) in [6, 6.07) is 21.4. The highest BCUT2D eigenvalue weighted by atomic mass is 32.2. The Kier molecular flexibility index (Phi) is 10.1. The number of benzene rings is 3. The molecule has 8 nitrogen and oxygen atoms in total. The third-order valence-electron chi connectivity index (χ3n) is 6.12. The van der Waals surface area contributed by atoms with Crippen molar-refractivity contribution in [2.45, 2.75) is 58.1 Å². The highest BCUT2D eigenvalue weighted by Gasteiger charge is 2.32. The van der Waals surface area contributed by atoms with Crippen LogP contribution in [0, 0.1) is 6.92 Å². The van der Waals surface area contributed by atoms with Gasteiger partial charge in [-0.05, 0) is 76.6 Å². The van der Waals surface area contributed by atoms with Crippen LogP contribution in [-0.2, 0) is 26.2 Å². The summed E-state index contributed by atoms with van der Waals surface area (Å²) in [5.74, 6) is -0.265. The van der Waals surface area contributed by atoms with Crippen LogP contribution in [0.25, 0.3) is 0 Å². The smallest absolute Gasteiger partial charge is 0.264 e. The lowest BCUT2D eigenvalue weighted by molar-refractivity contribution is -0.139. The van der Waals surface area contributed by atoms with E-state index in [1.807, 2.05) is 58.0 Å². The zero-order valence-electron chi connectivity index (χ0n) is 23.1. The molecule has 3 rings (SSSR count). The maximum Gasteiger partial charge on any atom is 0.264 e. The van der Waals surface area contributed by atoms with Crippen molar-refractivity contribution in [3.05, 3.63) is 90.0 Å². The van der Waals surface area contributed by atoms with E-state index in [1.165, 1.54) is 17.0 Å². The zero-order valence-corrected chi connectivity index (χ0v) is 23.9. The van der Waals surface area contributed by atoms with Gasteiger partial charge in [0.15, 0.2) is 0 Å². The average molecular weight is 552 g/mol. The Labute approximate surface area is 231 Å². The van der Waals surface area contributed by atoms with E-state index in [0.29, 0.717) is 18.0 Å². The second kappa shape index (κ2) is 13.3. The second-order valence-corrected chi connectivity index (χ2v) is 11.5. The van der Waals surface area contributed by atoms with E-state index in [1.54, 1.807) is 43.3 Å². The Morgan fingerprint density at radius 1 is 0.897 bits per heavy atom. The minimum absolute atomic E-state index is 0.0273. The molecule has 0 aromatic heterocycles. The van der Waals surface area contributed by atoms with E-state index in [0.717, 1.165) is 15.4 Å². The molecular weight excluding hydrogens is 514 g/mol. The Hall–Kier alpha value is -3.85. The second-order valence-electron chi connectivity index (χ2n) is 9.60. The van der Waals surface area contributed by atoms with Crippen LogP contribution in [0.15, 0.2) is 83.8 Å². The molecule has 3 aromatic rings. The van der Waals surface area contributed by atoms with Crippen LogP contribution in [0.5, 0.6) is 5.75 Å². The van der Waals surface area contributed by atoms with Gasteiger partial charge in [0, 0.05) is 12.6 Å². The first-order valence-corrected chi connectivity index (χ1v) is 14.4. The molecule has 208 valence electrons. The number of nitrogens with zero attached hydrogens (tertiary/aromatic N) is 2. The number of anilines is 1. The summed E-state index contributed by atoms with van der Waals surface area (Å²) in [6.07, 6.45) is 0. The fourth-order valence-electron chi connectivity index (χ4n) is 4.01. The highest BCUT2D eigenvalue weighted by molar-refractivity contribution is 7.92. The molecule has 0 heterocycles. The van der Waals surface area contributed by atoms with Crippen molar-refractivity contribution in [3.8, 4) is 5.75 Å². The van der Waals surface area contributed by atoms with Crippen molar-refractivity contribution in [1.29, 1.82) is 0 Å². The first-order chi connectivity index (χ1) is 18.5. The first kappa shape index (κ1) is 29.7. The van der Waals surface area contributed by atoms with Gasteiger partial charge < -0.3 is 15.0 Å². The summed E-state index contributed by atoms with van der Waals surface area (Å²) < 4.78 is 34.3. The van der Waals surface area contributed by atoms with E-state index < -0.39 is 28.5 Å². The maximum absolute atomic E-state index is 13.9. The standard InChI is InChI=1S/C30H37N3O5S/c1-6-38-27-16-18-28(19-17-27)39(36,37)33(26-14-12-23(4)13-15-26)21-29(34)32(20-25-10-8-7-9-11-25)24(5)30(35)31-22(2)3/h7-19,22,24H,6,20-21H2,1-5H3,(H,31,35)/t24-/m1/s1. The number of carbonyl (C=O) groups excluding carboxylic acids is 2. The van der Waals surface area contributed by atoms with Crippen molar-refractivity contribution in [2.75, 3.05) is 17.5 Å². The largest absolute Gasteiger partial charge is 0.494 e. The number of hydrogen-bond donors (Lipinski definition) is 1. The van der Waals surface area contributed by atoms with Crippen LogP contribution in [0.3, 0.4) is 0 Å². The minimum atomic E-state index is -4.14. The molecule has 0 unspecified atom stereocenters. The topological polar surface area (TPSA) is 96.0 Å². The van der Waals surface area contributed by atoms with Crippen LogP contribution in [0.1, 0.15) is 38.8 Å². The molecule has 0 radical (unpaired) electrons. The fourth-order valence-corrected chi connectivity index (χ4v) is 5.42. The van der Waals surface area contributed by atoms with Gasteiger partial charge in [-0.25, -0.2) is 8.42 Å². The fraction of sp³-hybridized carbons (Fsp3) is 0.333. The Morgan fingerprint density at radius 2 is 1.51 bits per heavy atom. The van der Waals surface area contributed by atoms with E-state index >= 15 is 0 Å². The molecule has 0 spiro atoms. The van der Waals surface area contributed by atoms with E-state index in [-0.39, 0.29) is 23.4 Å². The van der Waals surface area contributed by atoms with E-state index in [9.17, 15) is 18.0 Å². The molecule has 0 bridgehead atoms. The quantitative estimate of drug-likeness (QED) is 0.357. The summed E-state index contributed by atoms with van der Waals surface area (Å²) in [5, 5.41) is 2.85. The number of aryl methyl sites for hydroxylation is 1. The lowest BCUT2D eigenvalue weighted by Crippen LogP contribution is -2.52. The Balaban J connectivity index is 2.00. The number of rotatable bonds is 12. The Morgan fingerprint density at radius 3 is 2.08 bits per heavy atom. The van der Waals surface area contributed by atoms with Crippen LogP contribution in [0.2, 0.25) is 0 Å². The SMILES string of the molecule is CCOc1ccc(S(=O)(=O)N(CC(=O)N(Cc2ccccc2)[C@H](C)C(=O)NC(C)C)c2ccc(C)cc2)cc1. The summed E-state index contributed by atoms with van der Waals surface area (Å²) in [6.45, 7) is 9.20. The number of carbonyl (C=O) groups is 2. The molecule has 3 aromatic carbocycles. The molecule has 0 aliphatic heterocycles. The van der Waals surface area contributed by atoms with Gasteiger partial charge >= 0.3 is 0 Å². The number of nitrogens with one attached hydrogen (secondary N) is 1. The van der Waals surface area contributed by atoms with E-state index in [2.05, 4.69) is 5.32 Å². The molecule has 1 N–H and O–H groups in total. The van der Waals surface area contributed by atoms with Gasteiger partial charge in [0.05, 0.1) is 17.2 Å². The molecule has 0 saturated carbocycles. The van der Waals surface area contributed by atoms with Crippen molar-refractivity contribution in [2.24, 2.45) is 0 Å². The van der Waals surface area contributed by atoms with Crippen molar-refractivity contribution < 1.29 is 22.7 Å². The van der Waals surface area contributed by atoms with Crippen LogP contribution in [-0.4, -0.2) is 50.4 Å². The molecule has 2 amide bonds. The summed E-state index contributed by atoms with van der Waals surface area (Å²) in [4.78, 5) is 28.3. The van der Waals surface area contributed by atoms with Gasteiger partial charge in [-0.15, -0.1) is 0 Å². The summed E-state index contributed by atoms with van der Waals surface area (Å²) >= 11 is 0. The molecule has 0 aliphatic carbocycles. The van der Waals surface area contributed by atoms with Gasteiger partial charge in [-0.1, -0.05) is 48.0 Å². The van der Waals surface area contributed by atoms with Crippen molar-refractivity contribution >= 4 is 27.5 Å². The third-order valence-corrected chi connectivity index (χ3v) is 7.91. The van der Waals surface area contributed by atoms with Gasteiger partial charge in [0.2, 0.25) is 11.8 Å². The number of sulfonamides is 1. The maximum atomic E-state index is 13.9. The predicted octanol–water partition coefficient (Wildman–Crippen LogP) is 4.53. The van der Waals surface area contributed by atoms with Crippen molar-refractivity contribution in [1.82, 2.24) is 10.2 Å². The van der Waals surface area contributed by atoms with Crippen molar-refractivity contribution in [3.63, 3.8) is 0 Å². The van der Waals surface area contributed by atoms with Crippen LogP contribution in [0.4, 0.5) is 5.69 Å². The molecule has 9 heteroatoms. The van der Waals surface area contributed by atoms with E-state index in [4.69, 9.17) is 4.74 Å².